The number of likely N-dealkylation sites (N-methyl/N-ethyl adjacent to an activating group) is 1. The summed E-state index contributed by atoms with van der Waals surface area (Å²) in [5.74, 6) is 0.934. The molecule has 1 aliphatic carbocycles. The van der Waals surface area contributed by atoms with Gasteiger partial charge in [-0.05, 0) is 32.2 Å². The molecule has 0 saturated heterocycles. The highest BCUT2D eigenvalue weighted by molar-refractivity contribution is 5.09. The lowest BCUT2D eigenvalue weighted by Crippen LogP contribution is -2.10. The average molecular weight is 139 g/mol. The summed E-state index contributed by atoms with van der Waals surface area (Å²) in [7, 11) is 2.01. The highest BCUT2D eigenvalue weighted by Gasteiger charge is 2.18. The summed E-state index contributed by atoms with van der Waals surface area (Å²) in [6.45, 7) is 3.30. The average Bonchev–Trinajstić information content (AvgIpc) is 2.71. The Morgan fingerprint density at radius 3 is 2.70 bits per heavy atom. The Morgan fingerprint density at radius 1 is 1.60 bits per heavy atom. The van der Waals surface area contributed by atoms with Crippen LogP contribution in [0.5, 0.6) is 0 Å². The Bertz CT molecular complexity index is 123. The summed E-state index contributed by atoms with van der Waals surface area (Å²) in [5.41, 5.74) is 1.57. The standard InChI is InChI=1S/C9H17N/c1-3-8(7-10-2)6-9-4-5-9/h6,9-10H,3-5,7H2,1-2H3/b8-6+. The molecular weight excluding hydrogens is 122 g/mol. The van der Waals surface area contributed by atoms with Crippen LogP contribution in [0, 0.1) is 5.92 Å². The molecule has 0 aliphatic heterocycles. The molecule has 1 saturated carbocycles. The maximum atomic E-state index is 3.18. The van der Waals surface area contributed by atoms with Crippen molar-refractivity contribution in [2.24, 2.45) is 5.92 Å². The van der Waals surface area contributed by atoms with Crippen molar-refractivity contribution in [3.05, 3.63) is 11.6 Å². The van der Waals surface area contributed by atoms with Crippen molar-refractivity contribution < 1.29 is 0 Å². The van der Waals surface area contributed by atoms with Crippen molar-refractivity contribution in [3.8, 4) is 0 Å². The molecule has 0 aromatic carbocycles. The summed E-state index contributed by atoms with van der Waals surface area (Å²) < 4.78 is 0. The minimum atomic E-state index is 0.934. The maximum Gasteiger partial charge on any atom is 0.0161 e. The normalized spacial score (nSPS) is 19.6. The summed E-state index contributed by atoms with van der Waals surface area (Å²) >= 11 is 0. The quantitative estimate of drug-likeness (QED) is 0.587. The van der Waals surface area contributed by atoms with Crippen LogP contribution in [-0.4, -0.2) is 13.6 Å². The lowest BCUT2D eigenvalue weighted by Gasteiger charge is -2.01. The fourth-order valence-corrected chi connectivity index (χ4v) is 1.13. The van der Waals surface area contributed by atoms with Crippen LogP contribution >= 0.6 is 0 Å². The molecule has 0 heterocycles. The topological polar surface area (TPSA) is 12.0 Å². The van der Waals surface area contributed by atoms with Gasteiger partial charge in [-0.1, -0.05) is 18.6 Å². The van der Waals surface area contributed by atoms with Crippen molar-refractivity contribution in [3.63, 3.8) is 0 Å². The van der Waals surface area contributed by atoms with Gasteiger partial charge in [0.2, 0.25) is 0 Å². The zero-order valence-electron chi connectivity index (χ0n) is 6.98. The van der Waals surface area contributed by atoms with Crippen LogP contribution in [0.1, 0.15) is 26.2 Å². The number of allylic oxidation sites excluding steroid dienone is 1. The minimum Gasteiger partial charge on any atom is -0.316 e. The van der Waals surface area contributed by atoms with Crippen molar-refractivity contribution in [1.29, 1.82) is 0 Å². The maximum absolute atomic E-state index is 3.18. The van der Waals surface area contributed by atoms with Crippen LogP contribution in [0.4, 0.5) is 0 Å². The van der Waals surface area contributed by atoms with E-state index in [2.05, 4.69) is 18.3 Å². The van der Waals surface area contributed by atoms with Gasteiger partial charge in [0, 0.05) is 6.54 Å². The summed E-state index contributed by atoms with van der Waals surface area (Å²) in [6.07, 6.45) is 6.49. The predicted molar refractivity (Wildman–Crippen MR) is 45.0 cm³/mol. The van der Waals surface area contributed by atoms with Gasteiger partial charge >= 0.3 is 0 Å². The predicted octanol–water partition coefficient (Wildman–Crippen LogP) is 1.95. The monoisotopic (exact) mass is 139 g/mol. The number of hydrogen-bond donors (Lipinski definition) is 1. The third-order valence-electron chi connectivity index (χ3n) is 1.95. The Hall–Kier alpha value is -0.300. The molecule has 58 valence electrons. The van der Waals surface area contributed by atoms with Crippen molar-refractivity contribution in [1.82, 2.24) is 5.32 Å². The lowest BCUT2D eigenvalue weighted by molar-refractivity contribution is 0.832. The van der Waals surface area contributed by atoms with Crippen molar-refractivity contribution >= 4 is 0 Å². The van der Waals surface area contributed by atoms with E-state index in [1.54, 1.807) is 5.57 Å². The van der Waals surface area contributed by atoms with Crippen LogP contribution < -0.4 is 5.32 Å². The van der Waals surface area contributed by atoms with E-state index in [0.29, 0.717) is 0 Å². The third-order valence-corrected chi connectivity index (χ3v) is 1.95. The Balaban J connectivity index is 2.29. The van der Waals surface area contributed by atoms with Gasteiger partial charge in [-0.25, -0.2) is 0 Å². The Kier molecular flexibility index (Phi) is 2.94. The first kappa shape index (κ1) is 7.80. The van der Waals surface area contributed by atoms with Gasteiger partial charge in [-0.3, -0.25) is 0 Å². The van der Waals surface area contributed by atoms with E-state index >= 15 is 0 Å². The molecule has 0 aromatic rings. The van der Waals surface area contributed by atoms with Gasteiger partial charge in [0.15, 0.2) is 0 Å². The SMILES string of the molecule is CC/C(=C\C1CC1)CNC. The van der Waals surface area contributed by atoms with Crippen LogP contribution in [0.15, 0.2) is 11.6 Å². The second-order valence-corrected chi connectivity index (χ2v) is 3.05. The number of rotatable bonds is 4. The number of nitrogens with one attached hydrogen (secondary N) is 1. The second kappa shape index (κ2) is 3.77. The van der Waals surface area contributed by atoms with E-state index in [4.69, 9.17) is 0 Å². The van der Waals surface area contributed by atoms with Crippen LogP contribution in [-0.2, 0) is 0 Å². The van der Waals surface area contributed by atoms with Crippen LogP contribution in [0.25, 0.3) is 0 Å². The first-order valence-electron chi connectivity index (χ1n) is 4.21. The molecule has 10 heavy (non-hydrogen) atoms. The fraction of sp³-hybridized carbons (Fsp3) is 0.778. The summed E-state index contributed by atoms with van der Waals surface area (Å²) in [6, 6.07) is 0. The Labute approximate surface area is 63.5 Å². The molecule has 1 rings (SSSR count). The molecule has 0 aromatic heterocycles. The van der Waals surface area contributed by atoms with Gasteiger partial charge in [0.25, 0.3) is 0 Å². The third kappa shape index (κ3) is 2.53. The van der Waals surface area contributed by atoms with Gasteiger partial charge in [0.1, 0.15) is 0 Å². The molecule has 1 N–H and O–H groups in total. The van der Waals surface area contributed by atoms with Crippen LogP contribution in [0.2, 0.25) is 0 Å². The fourth-order valence-electron chi connectivity index (χ4n) is 1.13. The van der Waals surface area contributed by atoms with Gasteiger partial charge < -0.3 is 5.32 Å². The molecule has 1 fully saturated rings. The highest BCUT2D eigenvalue weighted by Crippen LogP contribution is 2.31. The highest BCUT2D eigenvalue weighted by atomic mass is 14.8. The molecular formula is C9H17N. The molecule has 0 amide bonds. The second-order valence-electron chi connectivity index (χ2n) is 3.05. The summed E-state index contributed by atoms with van der Waals surface area (Å²) in [4.78, 5) is 0. The number of hydrogen-bond acceptors (Lipinski definition) is 1. The molecule has 0 unspecified atom stereocenters. The van der Waals surface area contributed by atoms with E-state index in [0.717, 1.165) is 12.5 Å². The molecule has 1 aliphatic rings. The molecule has 0 radical (unpaired) electrons. The van der Waals surface area contributed by atoms with Gasteiger partial charge in [-0.2, -0.15) is 0 Å². The van der Waals surface area contributed by atoms with Crippen molar-refractivity contribution in [2.45, 2.75) is 26.2 Å². The first-order chi connectivity index (χ1) is 4.86. The zero-order chi connectivity index (χ0) is 7.40. The molecule has 0 bridgehead atoms. The van der Waals surface area contributed by atoms with E-state index in [-0.39, 0.29) is 0 Å². The Morgan fingerprint density at radius 2 is 2.30 bits per heavy atom. The molecule has 1 heteroatoms. The van der Waals surface area contributed by atoms with Crippen LogP contribution in [0.3, 0.4) is 0 Å². The lowest BCUT2D eigenvalue weighted by atomic mass is 10.1. The minimum absolute atomic E-state index is 0.934. The summed E-state index contributed by atoms with van der Waals surface area (Å²) in [5, 5.41) is 3.18. The van der Waals surface area contributed by atoms with Gasteiger partial charge in [0.05, 0.1) is 0 Å². The molecule has 1 nitrogen and oxygen atoms in total. The van der Waals surface area contributed by atoms with Gasteiger partial charge in [-0.15, -0.1) is 0 Å². The van der Waals surface area contributed by atoms with E-state index in [9.17, 15) is 0 Å². The molecule has 0 atom stereocenters. The largest absolute Gasteiger partial charge is 0.316 e. The van der Waals surface area contributed by atoms with E-state index in [1.807, 2.05) is 7.05 Å². The van der Waals surface area contributed by atoms with E-state index in [1.165, 1.54) is 19.3 Å². The molecule has 0 spiro atoms. The smallest absolute Gasteiger partial charge is 0.0161 e. The first-order valence-corrected chi connectivity index (χ1v) is 4.21. The van der Waals surface area contributed by atoms with E-state index < -0.39 is 0 Å². The zero-order valence-corrected chi connectivity index (χ0v) is 6.98. The van der Waals surface area contributed by atoms with Crippen molar-refractivity contribution in [2.75, 3.05) is 13.6 Å².